The summed E-state index contributed by atoms with van der Waals surface area (Å²) >= 11 is 12.0. The van der Waals surface area contributed by atoms with E-state index in [4.69, 9.17) is 29.0 Å². The number of hydrogen-bond donors (Lipinski definition) is 3. The third kappa shape index (κ3) is 3.26. The molecular formula is C14H12Cl2FN3O. The van der Waals surface area contributed by atoms with E-state index in [-0.39, 0.29) is 11.3 Å². The molecule has 0 aliphatic heterocycles. The number of para-hydroxylation sites is 1. The van der Waals surface area contributed by atoms with E-state index in [9.17, 15) is 9.18 Å². The zero-order chi connectivity index (χ0) is 15.6. The molecule has 0 radical (unpaired) electrons. The largest absolute Gasteiger partial charge is 0.321 e. The van der Waals surface area contributed by atoms with Crippen molar-refractivity contribution in [3.8, 4) is 0 Å². The number of hydrogen-bond acceptors (Lipinski definition) is 3. The Morgan fingerprint density at radius 1 is 1.24 bits per heavy atom. The molecule has 1 amide bonds. The maximum absolute atomic E-state index is 13.6. The molecular weight excluding hydrogens is 316 g/mol. The zero-order valence-corrected chi connectivity index (χ0v) is 12.5. The number of rotatable bonds is 3. The van der Waals surface area contributed by atoms with Crippen LogP contribution in [0.4, 0.5) is 15.8 Å². The summed E-state index contributed by atoms with van der Waals surface area (Å²) in [6.45, 7) is 1.79. The van der Waals surface area contributed by atoms with Crippen LogP contribution in [0.3, 0.4) is 0 Å². The highest BCUT2D eigenvalue weighted by molar-refractivity contribution is 6.36. The number of nitrogens with one attached hydrogen (secondary N) is 2. The fourth-order valence-electron chi connectivity index (χ4n) is 1.79. The monoisotopic (exact) mass is 327 g/mol. The molecule has 4 nitrogen and oxygen atoms in total. The third-order valence-electron chi connectivity index (χ3n) is 2.90. The minimum Gasteiger partial charge on any atom is -0.321 e. The molecule has 0 saturated heterocycles. The lowest BCUT2D eigenvalue weighted by molar-refractivity contribution is 0.102. The Morgan fingerprint density at radius 2 is 1.95 bits per heavy atom. The molecule has 0 aromatic heterocycles. The van der Waals surface area contributed by atoms with Gasteiger partial charge in [0, 0.05) is 5.02 Å². The van der Waals surface area contributed by atoms with Gasteiger partial charge in [-0.05, 0) is 36.8 Å². The Hall–Kier alpha value is -1.82. The van der Waals surface area contributed by atoms with Gasteiger partial charge in [-0.2, -0.15) is 0 Å². The first kappa shape index (κ1) is 15.6. The second-order valence-corrected chi connectivity index (χ2v) is 5.16. The van der Waals surface area contributed by atoms with Crippen molar-refractivity contribution in [1.29, 1.82) is 0 Å². The van der Waals surface area contributed by atoms with Crippen molar-refractivity contribution in [1.82, 2.24) is 0 Å². The first-order chi connectivity index (χ1) is 9.93. The number of hydrazine groups is 1. The van der Waals surface area contributed by atoms with Crippen molar-refractivity contribution in [2.75, 3.05) is 10.7 Å². The second kappa shape index (κ2) is 6.30. The summed E-state index contributed by atoms with van der Waals surface area (Å²) in [5.41, 5.74) is 3.26. The van der Waals surface area contributed by atoms with Gasteiger partial charge in [-0.1, -0.05) is 29.3 Å². The highest BCUT2D eigenvalue weighted by atomic mass is 35.5. The smallest absolute Gasteiger partial charge is 0.257 e. The summed E-state index contributed by atoms with van der Waals surface area (Å²) in [5.74, 6) is 4.06. The van der Waals surface area contributed by atoms with Crippen LogP contribution in [0.15, 0.2) is 30.3 Å². The number of anilines is 2. The lowest BCUT2D eigenvalue weighted by atomic mass is 10.1. The van der Waals surface area contributed by atoms with Crippen molar-refractivity contribution in [2.45, 2.75) is 6.92 Å². The molecule has 0 heterocycles. The summed E-state index contributed by atoms with van der Waals surface area (Å²) in [7, 11) is 0. The summed E-state index contributed by atoms with van der Waals surface area (Å²) in [6.07, 6.45) is 0. The number of nitrogen functional groups attached to an aromatic ring is 1. The summed E-state index contributed by atoms with van der Waals surface area (Å²) < 4.78 is 13.6. The number of amides is 1. The molecule has 110 valence electrons. The van der Waals surface area contributed by atoms with Crippen LogP contribution in [0, 0.1) is 12.7 Å². The lowest BCUT2D eigenvalue weighted by Crippen LogP contribution is -2.18. The van der Waals surface area contributed by atoms with E-state index in [1.807, 2.05) is 0 Å². The Kier molecular flexibility index (Phi) is 4.67. The van der Waals surface area contributed by atoms with Crippen LogP contribution >= 0.6 is 23.2 Å². The van der Waals surface area contributed by atoms with Crippen molar-refractivity contribution < 1.29 is 9.18 Å². The lowest BCUT2D eigenvalue weighted by Gasteiger charge is -2.12. The second-order valence-electron chi connectivity index (χ2n) is 4.34. The van der Waals surface area contributed by atoms with Crippen LogP contribution in [0.25, 0.3) is 0 Å². The molecule has 2 rings (SSSR count). The molecule has 0 aliphatic carbocycles. The van der Waals surface area contributed by atoms with E-state index in [1.165, 1.54) is 24.3 Å². The van der Waals surface area contributed by atoms with Crippen LogP contribution in [0.1, 0.15) is 15.9 Å². The normalized spacial score (nSPS) is 10.3. The fraction of sp³-hybridized carbons (Fsp3) is 0.0714. The number of nitrogens with two attached hydrogens (primary N) is 1. The van der Waals surface area contributed by atoms with E-state index in [0.717, 1.165) is 5.56 Å². The molecule has 0 fully saturated rings. The highest BCUT2D eigenvalue weighted by Gasteiger charge is 2.16. The maximum atomic E-state index is 13.6. The van der Waals surface area contributed by atoms with Gasteiger partial charge in [-0.3, -0.25) is 10.6 Å². The molecule has 0 atom stereocenters. The maximum Gasteiger partial charge on any atom is 0.257 e. The third-order valence-corrected chi connectivity index (χ3v) is 3.62. The van der Waals surface area contributed by atoms with Gasteiger partial charge in [-0.15, -0.1) is 0 Å². The van der Waals surface area contributed by atoms with Gasteiger partial charge in [0.1, 0.15) is 5.82 Å². The first-order valence-electron chi connectivity index (χ1n) is 5.96. The van der Waals surface area contributed by atoms with Crippen LogP contribution in [-0.2, 0) is 0 Å². The predicted molar refractivity (Wildman–Crippen MR) is 83.4 cm³/mol. The number of carbonyl (C=O) groups excluding carboxylic acids is 1. The molecule has 0 unspecified atom stereocenters. The van der Waals surface area contributed by atoms with Crippen LogP contribution < -0.4 is 16.6 Å². The van der Waals surface area contributed by atoms with Crippen LogP contribution in [-0.4, -0.2) is 5.91 Å². The molecule has 21 heavy (non-hydrogen) atoms. The minimum atomic E-state index is -0.627. The molecule has 7 heteroatoms. The standard InChI is InChI=1S/C14H12Cl2FN3O/c1-7-5-10(16)12(6-9(7)15)19-14(21)8-3-2-4-11(17)13(8)20-18/h2-6,20H,18H2,1H3,(H,19,21). The van der Waals surface area contributed by atoms with E-state index in [2.05, 4.69) is 10.7 Å². The molecule has 2 aromatic rings. The van der Waals surface area contributed by atoms with Crippen molar-refractivity contribution in [2.24, 2.45) is 5.84 Å². The SMILES string of the molecule is Cc1cc(Cl)c(NC(=O)c2cccc(F)c2NN)cc1Cl. The van der Waals surface area contributed by atoms with Crippen LogP contribution in [0.2, 0.25) is 10.0 Å². The van der Waals surface area contributed by atoms with Gasteiger partial charge < -0.3 is 10.7 Å². The van der Waals surface area contributed by atoms with Gasteiger partial charge in [0.25, 0.3) is 5.91 Å². The van der Waals surface area contributed by atoms with Crippen molar-refractivity contribution >= 4 is 40.5 Å². The molecule has 0 spiro atoms. The predicted octanol–water partition coefficient (Wildman–Crippen LogP) is 3.98. The zero-order valence-electron chi connectivity index (χ0n) is 11.0. The molecule has 0 aliphatic rings. The van der Waals surface area contributed by atoms with Gasteiger partial charge in [0.05, 0.1) is 22.0 Å². The quantitative estimate of drug-likeness (QED) is 0.590. The van der Waals surface area contributed by atoms with Gasteiger partial charge in [0.15, 0.2) is 0 Å². The van der Waals surface area contributed by atoms with Crippen molar-refractivity contribution in [3.05, 3.63) is 57.3 Å². The van der Waals surface area contributed by atoms with Gasteiger partial charge in [-0.25, -0.2) is 4.39 Å². The number of benzene rings is 2. The molecule has 0 bridgehead atoms. The molecule has 2 aromatic carbocycles. The average Bonchev–Trinajstić information content (AvgIpc) is 2.44. The summed E-state index contributed by atoms with van der Waals surface area (Å²) in [4.78, 5) is 12.2. The van der Waals surface area contributed by atoms with Crippen molar-refractivity contribution in [3.63, 3.8) is 0 Å². The van der Waals surface area contributed by atoms with Gasteiger partial charge in [0.2, 0.25) is 0 Å². The highest BCUT2D eigenvalue weighted by Crippen LogP contribution is 2.29. The Balaban J connectivity index is 2.35. The van der Waals surface area contributed by atoms with E-state index >= 15 is 0 Å². The molecule has 0 saturated carbocycles. The number of carbonyl (C=O) groups is 1. The number of halogens is 3. The Bertz CT molecular complexity index is 707. The van der Waals surface area contributed by atoms with Crippen LogP contribution in [0.5, 0.6) is 0 Å². The number of aryl methyl sites for hydroxylation is 1. The van der Waals surface area contributed by atoms with Gasteiger partial charge >= 0.3 is 0 Å². The van der Waals surface area contributed by atoms with E-state index in [0.29, 0.717) is 15.7 Å². The minimum absolute atomic E-state index is 0.0604. The Labute approximate surface area is 131 Å². The fourth-order valence-corrected chi connectivity index (χ4v) is 2.22. The summed E-state index contributed by atoms with van der Waals surface area (Å²) in [5, 5.41) is 3.38. The first-order valence-corrected chi connectivity index (χ1v) is 6.71. The topological polar surface area (TPSA) is 67.2 Å². The molecule has 4 N–H and O–H groups in total. The average molecular weight is 328 g/mol. The summed E-state index contributed by atoms with van der Waals surface area (Å²) in [6, 6.07) is 7.22. The Morgan fingerprint density at radius 3 is 2.62 bits per heavy atom. The van der Waals surface area contributed by atoms with E-state index < -0.39 is 11.7 Å². The van der Waals surface area contributed by atoms with E-state index in [1.54, 1.807) is 13.0 Å².